The molecule has 0 radical (unpaired) electrons. The predicted octanol–water partition coefficient (Wildman–Crippen LogP) is 0.770. The topological polar surface area (TPSA) is 84.1 Å². The van der Waals surface area contributed by atoms with Gasteiger partial charge >= 0.3 is 5.97 Å². The van der Waals surface area contributed by atoms with E-state index in [2.05, 4.69) is 15.5 Å². The quantitative estimate of drug-likeness (QED) is 0.848. The van der Waals surface area contributed by atoms with Gasteiger partial charge in [-0.05, 0) is 37.4 Å². The van der Waals surface area contributed by atoms with Gasteiger partial charge in [0.1, 0.15) is 0 Å². The molecule has 0 bridgehead atoms. The number of tetrazole rings is 1. The molecule has 1 aliphatic carbocycles. The Morgan fingerprint density at radius 1 is 1.37 bits per heavy atom. The Morgan fingerprint density at radius 3 is 2.63 bits per heavy atom. The number of carbonyl (C=O) groups is 1. The van der Waals surface area contributed by atoms with Crippen LogP contribution in [-0.2, 0) is 17.9 Å². The second-order valence-corrected chi connectivity index (χ2v) is 5.64. The van der Waals surface area contributed by atoms with E-state index in [4.69, 9.17) is 0 Å². The summed E-state index contributed by atoms with van der Waals surface area (Å²) in [5, 5.41) is 21.2. The molecular weight excluding hydrogens is 246 g/mol. The molecule has 7 nitrogen and oxygen atoms in total. The highest BCUT2D eigenvalue weighted by atomic mass is 16.4. The molecule has 0 aliphatic heterocycles. The van der Waals surface area contributed by atoms with Gasteiger partial charge < -0.3 is 10.0 Å². The monoisotopic (exact) mass is 267 g/mol. The Morgan fingerprint density at radius 2 is 2.05 bits per heavy atom. The molecular formula is C12H21N5O2. The zero-order chi connectivity index (χ0) is 13.9. The minimum absolute atomic E-state index is 0.374. The molecule has 1 heterocycles. The average molecular weight is 267 g/mol. The van der Waals surface area contributed by atoms with Gasteiger partial charge in [-0.2, -0.15) is 0 Å². The molecule has 1 aliphatic rings. The molecule has 2 rings (SSSR count). The Hall–Kier alpha value is -1.50. The van der Waals surface area contributed by atoms with Crippen molar-refractivity contribution >= 4 is 5.97 Å². The van der Waals surface area contributed by atoms with E-state index in [0.29, 0.717) is 25.9 Å². The van der Waals surface area contributed by atoms with E-state index < -0.39 is 11.4 Å². The first kappa shape index (κ1) is 13.9. The van der Waals surface area contributed by atoms with E-state index in [0.717, 1.165) is 25.1 Å². The predicted molar refractivity (Wildman–Crippen MR) is 68.4 cm³/mol. The minimum atomic E-state index is -0.724. The van der Waals surface area contributed by atoms with Crippen LogP contribution >= 0.6 is 0 Å². The fourth-order valence-corrected chi connectivity index (χ4v) is 2.70. The number of hydrogen-bond donors (Lipinski definition) is 1. The van der Waals surface area contributed by atoms with E-state index >= 15 is 0 Å². The van der Waals surface area contributed by atoms with E-state index in [9.17, 15) is 9.90 Å². The number of nitrogens with zero attached hydrogens (tertiary/aromatic N) is 5. The summed E-state index contributed by atoms with van der Waals surface area (Å²) in [7, 11) is 3.87. The first-order chi connectivity index (χ1) is 9.03. The van der Waals surface area contributed by atoms with Crippen LogP contribution in [0.2, 0.25) is 0 Å². The molecule has 0 aromatic carbocycles. The van der Waals surface area contributed by atoms with E-state index in [1.54, 1.807) is 4.68 Å². The van der Waals surface area contributed by atoms with Crippen molar-refractivity contribution in [3.8, 4) is 0 Å². The maximum atomic E-state index is 11.6. The smallest absolute Gasteiger partial charge is 0.311 e. The standard InChI is InChI=1S/C12H21N5O2/c1-16(2)8-10-13-14-15-17(10)9-12(11(18)19)6-4-3-5-7-12/h3-9H2,1-2H3,(H,18,19). The average Bonchev–Trinajstić information content (AvgIpc) is 2.76. The minimum Gasteiger partial charge on any atom is -0.481 e. The number of carboxylic acid groups (broad SMARTS) is 1. The van der Waals surface area contributed by atoms with Gasteiger partial charge in [-0.3, -0.25) is 4.79 Å². The van der Waals surface area contributed by atoms with E-state index in [1.165, 1.54) is 0 Å². The van der Waals surface area contributed by atoms with Crippen molar-refractivity contribution in [2.24, 2.45) is 5.41 Å². The number of hydrogen-bond acceptors (Lipinski definition) is 5. The summed E-state index contributed by atoms with van der Waals surface area (Å²) < 4.78 is 1.65. The highest BCUT2D eigenvalue weighted by molar-refractivity contribution is 5.74. The first-order valence-corrected chi connectivity index (χ1v) is 6.67. The largest absolute Gasteiger partial charge is 0.481 e. The van der Waals surface area contributed by atoms with Gasteiger partial charge in [-0.15, -0.1) is 5.10 Å². The SMILES string of the molecule is CN(C)Cc1nnnn1CC1(C(=O)O)CCCCC1. The van der Waals surface area contributed by atoms with Crippen molar-refractivity contribution in [3.05, 3.63) is 5.82 Å². The summed E-state index contributed by atoms with van der Waals surface area (Å²) in [4.78, 5) is 13.6. The summed E-state index contributed by atoms with van der Waals surface area (Å²) in [6.45, 7) is 0.987. The molecule has 7 heteroatoms. The van der Waals surface area contributed by atoms with Crippen LogP contribution in [-0.4, -0.2) is 50.3 Å². The van der Waals surface area contributed by atoms with Gasteiger partial charge in [-0.25, -0.2) is 4.68 Å². The third-order valence-electron chi connectivity index (χ3n) is 3.78. The Kier molecular flexibility index (Phi) is 4.14. The van der Waals surface area contributed by atoms with Crippen molar-refractivity contribution in [2.45, 2.75) is 45.2 Å². The second-order valence-electron chi connectivity index (χ2n) is 5.64. The zero-order valence-electron chi connectivity index (χ0n) is 11.5. The van der Waals surface area contributed by atoms with Crippen molar-refractivity contribution in [1.82, 2.24) is 25.1 Å². The van der Waals surface area contributed by atoms with Crippen LogP contribution in [0, 0.1) is 5.41 Å². The van der Waals surface area contributed by atoms with Crippen LogP contribution in [0.1, 0.15) is 37.9 Å². The molecule has 1 N–H and O–H groups in total. The van der Waals surface area contributed by atoms with Gasteiger partial charge in [0.15, 0.2) is 5.82 Å². The van der Waals surface area contributed by atoms with Crippen LogP contribution in [0.3, 0.4) is 0 Å². The summed E-state index contributed by atoms with van der Waals surface area (Å²) in [5.74, 6) is -0.00491. The number of aliphatic carboxylic acids is 1. The van der Waals surface area contributed by atoms with Crippen molar-refractivity contribution in [2.75, 3.05) is 14.1 Å². The highest BCUT2D eigenvalue weighted by Crippen LogP contribution is 2.38. The summed E-state index contributed by atoms with van der Waals surface area (Å²) in [6, 6.07) is 0. The second kappa shape index (κ2) is 5.64. The molecule has 0 saturated heterocycles. The normalized spacial score (nSPS) is 18.7. The molecule has 106 valence electrons. The summed E-state index contributed by atoms with van der Waals surface area (Å²) in [6.07, 6.45) is 4.48. The number of aromatic nitrogens is 4. The fourth-order valence-electron chi connectivity index (χ4n) is 2.70. The van der Waals surface area contributed by atoms with Gasteiger partial charge in [0.25, 0.3) is 0 Å². The zero-order valence-corrected chi connectivity index (χ0v) is 11.5. The van der Waals surface area contributed by atoms with Crippen LogP contribution < -0.4 is 0 Å². The Bertz CT molecular complexity index is 437. The van der Waals surface area contributed by atoms with Gasteiger partial charge in [-0.1, -0.05) is 19.3 Å². The first-order valence-electron chi connectivity index (χ1n) is 6.67. The molecule has 1 aromatic rings. The maximum Gasteiger partial charge on any atom is 0.311 e. The third kappa shape index (κ3) is 3.09. The lowest BCUT2D eigenvalue weighted by atomic mass is 9.74. The maximum absolute atomic E-state index is 11.6. The molecule has 19 heavy (non-hydrogen) atoms. The van der Waals surface area contributed by atoms with Crippen molar-refractivity contribution < 1.29 is 9.90 Å². The van der Waals surface area contributed by atoms with Crippen LogP contribution in [0.4, 0.5) is 0 Å². The molecule has 0 atom stereocenters. The molecule has 0 unspecified atom stereocenters. The number of rotatable bonds is 5. The fraction of sp³-hybridized carbons (Fsp3) is 0.833. The van der Waals surface area contributed by atoms with Crippen molar-refractivity contribution in [1.29, 1.82) is 0 Å². The van der Waals surface area contributed by atoms with Gasteiger partial charge in [0.05, 0.1) is 18.5 Å². The lowest BCUT2D eigenvalue weighted by molar-refractivity contribution is -0.152. The van der Waals surface area contributed by atoms with Gasteiger partial charge in [0.2, 0.25) is 0 Å². The molecule has 0 spiro atoms. The van der Waals surface area contributed by atoms with E-state index in [-0.39, 0.29) is 0 Å². The lowest BCUT2D eigenvalue weighted by Gasteiger charge is -2.33. The summed E-state index contributed by atoms with van der Waals surface area (Å²) in [5.41, 5.74) is -0.700. The summed E-state index contributed by atoms with van der Waals surface area (Å²) >= 11 is 0. The molecule has 1 saturated carbocycles. The Balaban J connectivity index is 2.17. The Labute approximate surface area is 112 Å². The number of carboxylic acids is 1. The molecule has 1 aromatic heterocycles. The highest BCUT2D eigenvalue weighted by Gasteiger charge is 2.40. The van der Waals surface area contributed by atoms with Crippen LogP contribution in [0.15, 0.2) is 0 Å². The third-order valence-corrected chi connectivity index (χ3v) is 3.78. The molecule has 0 amide bonds. The molecule has 1 fully saturated rings. The lowest BCUT2D eigenvalue weighted by Crippen LogP contribution is -2.38. The van der Waals surface area contributed by atoms with Crippen LogP contribution in [0.25, 0.3) is 0 Å². The van der Waals surface area contributed by atoms with Gasteiger partial charge in [0, 0.05) is 0 Å². The van der Waals surface area contributed by atoms with Crippen molar-refractivity contribution in [3.63, 3.8) is 0 Å². The van der Waals surface area contributed by atoms with Crippen LogP contribution in [0.5, 0.6) is 0 Å². The van der Waals surface area contributed by atoms with E-state index in [1.807, 2.05) is 19.0 Å².